The topological polar surface area (TPSA) is 61.1 Å². The van der Waals surface area contributed by atoms with E-state index in [-0.39, 0.29) is 5.91 Å². The molecule has 0 saturated heterocycles. The van der Waals surface area contributed by atoms with Crippen molar-refractivity contribution in [1.29, 1.82) is 0 Å². The number of hydrogen-bond acceptors (Lipinski definition) is 4. The molecule has 2 aromatic carbocycles. The number of anilines is 1. The summed E-state index contributed by atoms with van der Waals surface area (Å²) in [6, 6.07) is 17.7. The van der Waals surface area contributed by atoms with Crippen molar-refractivity contribution in [1.82, 2.24) is 9.47 Å². The van der Waals surface area contributed by atoms with Crippen LogP contribution in [0.3, 0.4) is 0 Å². The van der Waals surface area contributed by atoms with E-state index in [0.717, 1.165) is 60.9 Å². The summed E-state index contributed by atoms with van der Waals surface area (Å²) < 4.78 is 2.12. The standard InChI is InChI=1S/C30H38N4O2/c1-4-6-17-32(18-7-5-2)21-26(35)22-33-20-24(27-15-11-12-16-29(27)33)19-28-23(3)31-34(30(28)36)25-13-9-8-10-14-25/h8-16,19-20,26,35H,4-7,17-18,21-22H2,1-3H3. The van der Waals surface area contributed by atoms with Crippen LogP contribution in [-0.2, 0) is 11.3 Å². The van der Waals surface area contributed by atoms with Gasteiger partial charge in [-0.3, -0.25) is 4.79 Å². The van der Waals surface area contributed by atoms with Crippen LogP contribution in [0, 0.1) is 0 Å². The van der Waals surface area contributed by atoms with Crippen LogP contribution in [0.25, 0.3) is 17.0 Å². The molecule has 1 unspecified atom stereocenters. The van der Waals surface area contributed by atoms with E-state index in [2.05, 4.69) is 46.7 Å². The first-order valence-electron chi connectivity index (χ1n) is 13.2. The Balaban J connectivity index is 1.57. The fraction of sp³-hybridized carbons (Fsp3) is 0.400. The maximum Gasteiger partial charge on any atom is 0.280 e. The summed E-state index contributed by atoms with van der Waals surface area (Å²) >= 11 is 0. The highest BCUT2D eigenvalue weighted by atomic mass is 16.3. The molecule has 36 heavy (non-hydrogen) atoms. The quantitative estimate of drug-likeness (QED) is 0.334. The van der Waals surface area contributed by atoms with Crippen molar-refractivity contribution in [2.45, 2.75) is 59.1 Å². The number of amides is 1. The zero-order valence-electron chi connectivity index (χ0n) is 21.7. The normalized spacial score (nSPS) is 15.9. The van der Waals surface area contributed by atoms with Crippen molar-refractivity contribution in [3.8, 4) is 0 Å². The van der Waals surface area contributed by atoms with Gasteiger partial charge >= 0.3 is 0 Å². The summed E-state index contributed by atoms with van der Waals surface area (Å²) in [5.74, 6) is -0.127. The van der Waals surface area contributed by atoms with Crippen LogP contribution in [0.4, 0.5) is 5.69 Å². The minimum atomic E-state index is -0.472. The van der Waals surface area contributed by atoms with E-state index < -0.39 is 6.10 Å². The predicted molar refractivity (Wildman–Crippen MR) is 149 cm³/mol. The Morgan fingerprint density at radius 3 is 2.36 bits per heavy atom. The summed E-state index contributed by atoms with van der Waals surface area (Å²) in [5.41, 5.74) is 4.05. The Bertz CT molecular complexity index is 1220. The van der Waals surface area contributed by atoms with Crippen molar-refractivity contribution in [2.24, 2.45) is 5.10 Å². The molecule has 1 aromatic heterocycles. The Morgan fingerprint density at radius 1 is 1.00 bits per heavy atom. The molecule has 2 heterocycles. The average molecular weight is 487 g/mol. The molecule has 1 N–H and O–H groups in total. The van der Waals surface area contributed by atoms with Gasteiger partial charge in [0, 0.05) is 35.8 Å². The third kappa shape index (κ3) is 5.94. The van der Waals surface area contributed by atoms with Gasteiger partial charge in [0.25, 0.3) is 5.91 Å². The molecule has 3 aromatic rings. The molecule has 1 aliphatic heterocycles. The predicted octanol–water partition coefficient (Wildman–Crippen LogP) is 5.71. The summed E-state index contributed by atoms with van der Waals surface area (Å²) in [6.45, 7) is 9.51. The van der Waals surface area contributed by atoms with Gasteiger partial charge in [0.05, 0.1) is 23.1 Å². The second-order valence-corrected chi connectivity index (χ2v) is 9.61. The molecular weight excluding hydrogens is 448 g/mol. The van der Waals surface area contributed by atoms with Gasteiger partial charge in [-0.1, -0.05) is 63.1 Å². The summed E-state index contributed by atoms with van der Waals surface area (Å²) in [5, 5.41) is 18.0. The number of aromatic nitrogens is 1. The minimum Gasteiger partial charge on any atom is -0.390 e. The van der Waals surface area contributed by atoms with E-state index in [1.54, 1.807) is 0 Å². The van der Waals surface area contributed by atoms with Gasteiger partial charge in [0.2, 0.25) is 0 Å². The van der Waals surface area contributed by atoms with Crippen LogP contribution < -0.4 is 5.01 Å². The van der Waals surface area contributed by atoms with Crippen LogP contribution in [0.15, 0.2) is 71.5 Å². The van der Waals surface area contributed by atoms with Crippen molar-refractivity contribution in [3.05, 3.63) is 71.9 Å². The molecular formula is C30H38N4O2. The number of aliphatic hydroxyl groups excluding tert-OH is 1. The lowest BCUT2D eigenvalue weighted by atomic mass is 10.1. The largest absolute Gasteiger partial charge is 0.390 e. The smallest absolute Gasteiger partial charge is 0.280 e. The van der Waals surface area contributed by atoms with Gasteiger partial charge in [-0.25, -0.2) is 0 Å². The van der Waals surface area contributed by atoms with Gasteiger partial charge in [-0.05, 0) is 57.1 Å². The van der Waals surface area contributed by atoms with Crippen LogP contribution in [0.2, 0.25) is 0 Å². The van der Waals surface area contributed by atoms with Crippen molar-refractivity contribution in [3.63, 3.8) is 0 Å². The number of unbranched alkanes of at least 4 members (excludes halogenated alkanes) is 2. The van der Waals surface area contributed by atoms with E-state index in [4.69, 9.17) is 0 Å². The highest BCUT2D eigenvalue weighted by Crippen LogP contribution is 2.28. The molecule has 0 spiro atoms. The maximum atomic E-state index is 13.2. The number of nitrogens with zero attached hydrogens (tertiary/aromatic N) is 4. The first kappa shape index (κ1) is 25.9. The molecule has 4 rings (SSSR count). The summed E-state index contributed by atoms with van der Waals surface area (Å²) in [7, 11) is 0. The molecule has 0 aliphatic carbocycles. The molecule has 1 amide bonds. The number of fused-ring (bicyclic) bond motifs is 1. The number of carbonyl (C=O) groups excluding carboxylic acids is 1. The molecule has 6 nitrogen and oxygen atoms in total. The maximum absolute atomic E-state index is 13.2. The fourth-order valence-corrected chi connectivity index (χ4v) is 4.77. The molecule has 190 valence electrons. The van der Waals surface area contributed by atoms with Crippen LogP contribution >= 0.6 is 0 Å². The Labute approximate surface area is 214 Å². The summed E-state index contributed by atoms with van der Waals surface area (Å²) in [6.07, 6.45) is 8.12. The molecule has 0 fully saturated rings. The number of hydrogen-bond donors (Lipinski definition) is 1. The van der Waals surface area contributed by atoms with E-state index >= 15 is 0 Å². The Hall–Kier alpha value is -3.22. The van der Waals surface area contributed by atoms with Crippen LogP contribution in [0.1, 0.15) is 52.0 Å². The second-order valence-electron chi connectivity index (χ2n) is 9.61. The van der Waals surface area contributed by atoms with Crippen molar-refractivity contribution >= 4 is 34.3 Å². The SMILES string of the molecule is CCCCN(CCCC)CC(O)Cn1cc(C=C2C(=O)N(c3ccccc3)N=C2C)c2ccccc21. The van der Waals surface area contributed by atoms with E-state index in [1.165, 1.54) is 5.01 Å². The lowest BCUT2D eigenvalue weighted by molar-refractivity contribution is -0.114. The minimum absolute atomic E-state index is 0.127. The molecule has 0 saturated carbocycles. The molecule has 6 heteroatoms. The number of hydrazone groups is 1. The number of benzene rings is 2. The number of carbonyl (C=O) groups is 1. The van der Waals surface area contributed by atoms with Gasteiger partial charge < -0.3 is 14.6 Å². The third-order valence-electron chi connectivity index (χ3n) is 6.71. The highest BCUT2D eigenvalue weighted by molar-refractivity contribution is 6.32. The highest BCUT2D eigenvalue weighted by Gasteiger charge is 2.29. The zero-order valence-corrected chi connectivity index (χ0v) is 21.7. The number of rotatable bonds is 12. The third-order valence-corrected chi connectivity index (χ3v) is 6.71. The molecule has 1 atom stereocenters. The second kappa shape index (κ2) is 12.2. The lowest BCUT2D eigenvalue weighted by Crippen LogP contribution is -2.36. The molecule has 0 bridgehead atoms. The van der Waals surface area contributed by atoms with Gasteiger partial charge in [-0.2, -0.15) is 10.1 Å². The van der Waals surface area contributed by atoms with Crippen LogP contribution in [0.5, 0.6) is 0 Å². The average Bonchev–Trinajstić information content (AvgIpc) is 3.38. The Morgan fingerprint density at radius 2 is 1.67 bits per heavy atom. The van der Waals surface area contributed by atoms with Crippen LogP contribution in [-0.4, -0.2) is 51.9 Å². The van der Waals surface area contributed by atoms with Gasteiger partial charge in [0.1, 0.15) is 0 Å². The monoisotopic (exact) mass is 486 g/mol. The lowest BCUT2D eigenvalue weighted by Gasteiger charge is -2.25. The number of aliphatic hydroxyl groups is 1. The van der Waals surface area contributed by atoms with E-state index in [9.17, 15) is 9.90 Å². The fourth-order valence-electron chi connectivity index (χ4n) is 4.77. The van der Waals surface area contributed by atoms with E-state index in [1.807, 2.05) is 55.5 Å². The first-order chi connectivity index (χ1) is 17.5. The van der Waals surface area contributed by atoms with Crippen molar-refractivity contribution in [2.75, 3.05) is 24.6 Å². The Kier molecular flexibility index (Phi) is 8.73. The molecule has 0 radical (unpaired) electrons. The van der Waals surface area contributed by atoms with Gasteiger partial charge in [0.15, 0.2) is 0 Å². The first-order valence-corrected chi connectivity index (χ1v) is 13.2. The van der Waals surface area contributed by atoms with Gasteiger partial charge in [-0.15, -0.1) is 0 Å². The number of para-hydroxylation sites is 2. The zero-order chi connectivity index (χ0) is 25.5. The molecule has 1 aliphatic rings. The summed E-state index contributed by atoms with van der Waals surface area (Å²) in [4.78, 5) is 15.6. The van der Waals surface area contributed by atoms with Crippen molar-refractivity contribution < 1.29 is 9.90 Å². The van der Waals surface area contributed by atoms with E-state index in [0.29, 0.717) is 24.4 Å².